The van der Waals surface area contributed by atoms with Crippen molar-refractivity contribution in [3.63, 3.8) is 0 Å². The number of Topliss-reactive ketones (excluding diaryl/α,β-unsaturated/α-hetero) is 1. The summed E-state index contributed by atoms with van der Waals surface area (Å²) in [5.41, 5.74) is 1.97. The predicted molar refractivity (Wildman–Crippen MR) is 70.8 cm³/mol. The molecular weight excluding hydrogens is 240 g/mol. The van der Waals surface area contributed by atoms with Gasteiger partial charge in [-0.25, -0.2) is 4.98 Å². The highest BCUT2D eigenvalue weighted by Gasteiger charge is 2.47. The fourth-order valence-electron chi connectivity index (χ4n) is 2.99. The van der Waals surface area contributed by atoms with Crippen molar-refractivity contribution >= 4 is 5.78 Å². The van der Waals surface area contributed by atoms with Gasteiger partial charge in [0.05, 0.1) is 36.3 Å². The lowest BCUT2D eigenvalue weighted by Gasteiger charge is -2.28. The van der Waals surface area contributed by atoms with Crippen LogP contribution in [0.3, 0.4) is 0 Å². The van der Waals surface area contributed by atoms with Gasteiger partial charge in [-0.3, -0.25) is 4.79 Å². The monoisotopic (exact) mass is 256 g/mol. The van der Waals surface area contributed by atoms with Crippen LogP contribution in [0.15, 0.2) is 36.8 Å². The second-order valence-electron chi connectivity index (χ2n) is 5.49. The molecular formula is C15H16N2O2. The first kappa shape index (κ1) is 12.1. The summed E-state index contributed by atoms with van der Waals surface area (Å²) in [7, 11) is 0. The molecule has 1 aromatic carbocycles. The summed E-state index contributed by atoms with van der Waals surface area (Å²) < 4.78 is 1.91. The number of rotatable bonds is 2. The molecule has 0 saturated carbocycles. The Labute approximate surface area is 111 Å². The smallest absolute Gasteiger partial charge is 0.171 e. The van der Waals surface area contributed by atoms with Crippen molar-refractivity contribution in [1.82, 2.24) is 9.55 Å². The Morgan fingerprint density at radius 3 is 2.84 bits per heavy atom. The standard InChI is InChI=1S/C15H16N2O2/c1-15(2)13(17-9-16-7-10(17)8-18)11-5-3-4-6-12(11)14(15)19/h3-7,9,13,18H,8H2,1-2H3/t13-/m0/s1. The second-order valence-corrected chi connectivity index (χ2v) is 5.49. The number of nitrogens with zero attached hydrogens (tertiary/aromatic N) is 2. The van der Waals surface area contributed by atoms with Crippen molar-refractivity contribution < 1.29 is 9.90 Å². The lowest BCUT2D eigenvalue weighted by Crippen LogP contribution is -2.29. The second kappa shape index (κ2) is 4.03. The molecule has 4 heteroatoms. The molecule has 1 N–H and O–H groups in total. The average Bonchev–Trinajstić information content (AvgIpc) is 2.93. The maximum Gasteiger partial charge on any atom is 0.171 e. The molecule has 0 saturated heterocycles. The van der Waals surface area contributed by atoms with Gasteiger partial charge in [-0.1, -0.05) is 38.1 Å². The summed E-state index contributed by atoms with van der Waals surface area (Å²) in [6.45, 7) is 3.81. The zero-order valence-corrected chi connectivity index (χ0v) is 11.0. The van der Waals surface area contributed by atoms with Gasteiger partial charge in [0.15, 0.2) is 5.78 Å². The van der Waals surface area contributed by atoms with E-state index in [2.05, 4.69) is 4.98 Å². The van der Waals surface area contributed by atoms with Crippen molar-refractivity contribution in [2.24, 2.45) is 5.41 Å². The normalized spacial score (nSPS) is 20.6. The molecule has 0 fully saturated rings. The predicted octanol–water partition coefficient (Wildman–Crippen LogP) is 2.19. The maximum atomic E-state index is 12.5. The molecule has 2 aromatic rings. The molecule has 1 aliphatic carbocycles. The van der Waals surface area contributed by atoms with Crippen molar-refractivity contribution in [1.29, 1.82) is 0 Å². The van der Waals surface area contributed by atoms with E-state index in [-0.39, 0.29) is 18.4 Å². The summed E-state index contributed by atoms with van der Waals surface area (Å²) in [6, 6.07) is 7.57. The molecule has 0 amide bonds. The summed E-state index contributed by atoms with van der Waals surface area (Å²) in [4.78, 5) is 16.6. The Morgan fingerprint density at radius 1 is 1.37 bits per heavy atom. The number of hydrogen-bond donors (Lipinski definition) is 1. The quantitative estimate of drug-likeness (QED) is 0.896. The minimum absolute atomic E-state index is 0.0804. The number of ketones is 1. The lowest BCUT2D eigenvalue weighted by atomic mass is 9.84. The van der Waals surface area contributed by atoms with Crippen LogP contribution in [0.25, 0.3) is 0 Å². The molecule has 0 aliphatic heterocycles. The zero-order chi connectivity index (χ0) is 13.6. The van der Waals surface area contributed by atoms with Crippen LogP contribution in [0.1, 0.15) is 41.5 Å². The van der Waals surface area contributed by atoms with Gasteiger partial charge in [0, 0.05) is 5.56 Å². The Bertz CT molecular complexity index is 643. The SMILES string of the molecule is CC1(C)C(=O)c2ccccc2[C@@H]1n1cncc1CO. The first-order valence-electron chi connectivity index (χ1n) is 6.32. The molecule has 1 heterocycles. The van der Waals surface area contributed by atoms with E-state index in [4.69, 9.17) is 0 Å². The number of aromatic nitrogens is 2. The van der Waals surface area contributed by atoms with Gasteiger partial charge in [0.1, 0.15) is 0 Å². The van der Waals surface area contributed by atoms with Crippen LogP contribution in [-0.2, 0) is 6.61 Å². The van der Waals surface area contributed by atoms with Gasteiger partial charge in [-0.2, -0.15) is 0 Å². The van der Waals surface area contributed by atoms with E-state index in [1.165, 1.54) is 0 Å². The molecule has 4 nitrogen and oxygen atoms in total. The van der Waals surface area contributed by atoms with E-state index >= 15 is 0 Å². The topological polar surface area (TPSA) is 55.1 Å². The van der Waals surface area contributed by atoms with E-state index in [9.17, 15) is 9.90 Å². The fraction of sp³-hybridized carbons (Fsp3) is 0.333. The first-order chi connectivity index (χ1) is 9.07. The Morgan fingerprint density at radius 2 is 2.11 bits per heavy atom. The van der Waals surface area contributed by atoms with Crippen molar-refractivity contribution in [2.45, 2.75) is 26.5 Å². The van der Waals surface area contributed by atoms with E-state index in [1.54, 1.807) is 12.5 Å². The van der Waals surface area contributed by atoms with Crippen LogP contribution >= 0.6 is 0 Å². The number of carbonyl (C=O) groups excluding carboxylic acids is 1. The zero-order valence-electron chi connectivity index (χ0n) is 11.0. The van der Waals surface area contributed by atoms with Gasteiger partial charge in [-0.15, -0.1) is 0 Å². The lowest BCUT2D eigenvalue weighted by molar-refractivity contribution is 0.0817. The largest absolute Gasteiger partial charge is 0.390 e. The average molecular weight is 256 g/mol. The third kappa shape index (κ3) is 1.56. The highest BCUT2D eigenvalue weighted by atomic mass is 16.3. The van der Waals surface area contributed by atoms with Crippen LogP contribution in [0.5, 0.6) is 0 Å². The molecule has 1 aliphatic rings. The summed E-state index contributed by atoms with van der Waals surface area (Å²) in [5.74, 6) is 0.144. The molecule has 0 radical (unpaired) electrons. The van der Waals surface area contributed by atoms with E-state index in [0.29, 0.717) is 0 Å². The number of imidazole rings is 1. The molecule has 98 valence electrons. The number of aliphatic hydroxyl groups excluding tert-OH is 1. The maximum absolute atomic E-state index is 12.5. The van der Waals surface area contributed by atoms with Crippen LogP contribution in [0, 0.1) is 5.41 Å². The first-order valence-corrected chi connectivity index (χ1v) is 6.32. The molecule has 1 aromatic heterocycles. The van der Waals surface area contributed by atoms with Crippen molar-refractivity contribution in [3.05, 3.63) is 53.6 Å². The number of hydrogen-bond acceptors (Lipinski definition) is 3. The molecule has 0 spiro atoms. The number of benzene rings is 1. The van der Waals surface area contributed by atoms with Crippen molar-refractivity contribution in [2.75, 3.05) is 0 Å². The summed E-state index contributed by atoms with van der Waals surface area (Å²) >= 11 is 0. The van der Waals surface area contributed by atoms with Gasteiger partial charge in [0.2, 0.25) is 0 Å². The molecule has 19 heavy (non-hydrogen) atoms. The van der Waals surface area contributed by atoms with Gasteiger partial charge >= 0.3 is 0 Å². The Hall–Kier alpha value is -1.94. The van der Waals surface area contributed by atoms with Crippen LogP contribution in [-0.4, -0.2) is 20.4 Å². The molecule has 0 bridgehead atoms. The highest BCUT2D eigenvalue weighted by molar-refractivity contribution is 6.05. The van der Waals surface area contributed by atoms with Gasteiger partial charge < -0.3 is 9.67 Å². The molecule has 0 unspecified atom stereocenters. The third-order valence-electron chi connectivity index (χ3n) is 3.96. The van der Waals surface area contributed by atoms with Crippen LogP contribution in [0.4, 0.5) is 0 Å². The highest BCUT2D eigenvalue weighted by Crippen LogP contribution is 2.47. The van der Waals surface area contributed by atoms with E-state index < -0.39 is 5.41 Å². The summed E-state index contributed by atoms with van der Waals surface area (Å²) in [5, 5.41) is 9.41. The fourth-order valence-corrected chi connectivity index (χ4v) is 2.99. The minimum atomic E-state index is -0.533. The minimum Gasteiger partial charge on any atom is -0.390 e. The van der Waals surface area contributed by atoms with Crippen LogP contribution < -0.4 is 0 Å². The summed E-state index contributed by atoms with van der Waals surface area (Å²) in [6.07, 6.45) is 3.33. The van der Waals surface area contributed by atoms with E-state index in [1.807, 2.05) is 42.7 Å². The van der Waals surface area contributed by atoms with Gasteiger partial charge in [-0.05, 0) is 5.56 Å². The Kier molecular flexibility index (Phi) is 2.57. The van der Waals surface area contributed by atoms with Crippen LogP contribution in [0.2, 0.25) is 0 Å². The number of fused-ring (bicyclic) bond motifs is 1. The third-order valence-corrected chi connectivity index (χ3v) is 3.96. The molecule has 3 rings (SSSR count). The molecule has 1 atom stereocenters. The van der Waals surface area contributed by atoms with Gasteiger partial charge in [0.25, 0.3) is 0 Å². The van der Waals surface area contributed by atoms with Crippen molar-refractivity contribution in [3.8, 4) is 0 Å². The number of aliphatic hydroxyl groups is 1. The Balaban J connectivity index is 2.23. The number of carbonyl (C=O) groups is 1. The van der Waals surface area contributed by atoms with E-state index in [0.717, 1.165) is 16.8 Å².